The Labute approximate surface area is 122 Å². The third-order valence-corrected chi connectivity index (χ3v) is 4.21. The quantitative estimate of drug-likeness (QED) is 0.378. The lowest BCUT2D eigenvalue weighted by molar-refractivity contribution is -0.313. The van der Waals surface area contributed by atoms with Gasteiger partial charge in [-0.3, -0.25) is 0 Å². The van der Waals surface area contributed by atoms with Crippen molar-refractivity contribution in [2.45, 2.75) is 56.6 Å². The Morgan fingerprint density at radius 2 is 2.05 bits per heavy atom. The topological polar surface area (TPSA) is 116 Å². The van der Waals surface area contributed by atoms with E-state index < -0.39 is 48.8 Å². The molecular formula is C14H22O7. The van der Waals surface area contributed by atoms with Crippen LogP contribution in [-0.2, 0) is 14.3 Å². The minimum Gasteiger partial charge on any atom is -0.394 e. The normalized spacial score (nSPS) is 47.3. The molecule has 1 fully saturated rings. The number of aldehydes is 1. The molecule has 21 heavy (non-hydrogen) atoms. The molecule has 0 aromatic heterocycles. The van der Waals surface area contributed by atoms with Crippen LogP contribution in [0.3, 0.4) is 0 Å². The minimum absolute atomic E-state index is 0.518. The van der Waals surface area contributed by atoms with Crippen LogP contribution in [0.1, 0.15) is 19.8 Å². The van der Waals surface area contributed by atoms with Crippen molar-refractivity contribution in [3.8, 4) is 0 Å². The fourth-order valence-electron chi connectivity index (χ4n) is 2.63. The Balaban J connectivity index is 2.12. The zero-order valence-corrected chi connectivity index (χ0v) is 11.8. The molecule has 0 aromatic carbocycles. The first-order valence-electron chi connectivity index (χ1n) is 7.02. The van der Waals surface area contributed by atoms with Gasteiger partial charge >= 0.3 is 0 Å². The molecule has 0 spiro atoms. The molecule has 1 aliphatic heterocycles. The highest BCUT2D eigenvalue weighted by Crippen LogP contribution is 2.35. The summed E-state index contributed by atoms with van der Waals surface area (Å²) in [6, 6.07) is 0. The van der Waals surface area contributed by atoms with Crippen LogP contribution in [0.2, 0.25) is 0 Å². The van der Waals surface area contributed by atoms with Crippen molar-refractivity contribution in [3.05, 3.63) is 12.2 Å². The average Bonchev–Trinajstić information content (AvgIpc) is 2.50. The van der Waals surface area contributed by atoms with E-state index in [1.807, 2.05) is 6.08 Å². The van der Waals surface area contributed by atoms with Gasteiger partial charge in [0.15, 0.2) is 6.29 Å². The van der Waals surface area contributed by atoms with E-state index in [-0.39, 0.29) is 0 Å². The van der Waals surface area contributed by atoms with Gasteiger partial charge in [0.25, 0.3) is 0 Å². The number of allylic oxidation sites excluding steroid dienone is 1. The molecule has 1 heterocycles. The second-order valence-corrected chi connectivity index (χ2v) is 5.84. The number of aliphatic hydroxyl groups excluding tert-OH is 4. The van der Waals surface area contributed by atoms with E-state index >= 15 is 0 Å². The van der Waals surface area contributed by atoms with Gasteiger partial charge in [-0.1, -0.05) is 19.1 Å². The molecule has 0 saturated carbocycles. The van der Waals surface area contributed by atoms with Gasteiger partial charge in [-0.25, -0.2) is 0 Å². The monoisotopic (exact) mass is 302 g/mol. The molecule has 0 bridgehead atoms. The Morgan fingerprint density at radius 1 is 1.33 bits per heavy atom. The second kappa shape index (κ2) is 6.51. The lowest BCUT2D eigenvalue weighted by Gasteiger charge is -2.43. The molecule has 7 atom stereocenters. The standard InChI is InChI=1S/C14H22O7/c1-14(7-16)5-3-2-4-9(14)21-13-12(19)11(18)10(17)8(6-15)20-13/h2,4,7-13,15,17-19H,3,5-6H2,1H3/t8-,9-,10-,11+,12-,13-,14-/m1/s1. The van der Waals surface area contributed by atoms with Crippen LogP contribution in [0, 0.1) is 5.41 Å². The molecule has 1 saturated heterocycles. The van der Waals surface area contributed by atoms with Crippen LogP contribution < -0.4 is 0 Å². The van der Waals surface area contributed by atoms with E-state index in [1.165, 1.54) is 0 Å². The minimum atomic E-state index is -1.49. The lowest BCUT2D eigenvalue weighted by Crippen LogP contribution is -2.60. The summed E-state index contributed by atoms with van der Waals surface area (Å²) >= 11 is 0. The first kappa shape index (κ1) is 16.5. The van der Waals surface area contributed by atoms with E-state index in [2.05, 4.69) is 0 Å². The Hall–Kier alpha value is -0.830. The van der Waals surface area contributed by atoms with E-state index in [0.717, 1.165) is 12.7 Å². The fourth-order valence-corrected chi connectivity index (χ4v) is 2.63. The molecule has 4 N–H and O–H groups in total. The van der Waals surface area contributed by atoms with Crippen LogP contribution in [0.15, 0.2) is 12.2 Å². The molecule has 0 aromatic rings. The first-order chi connectivity index (χ1) is 9.92. The average molecular weight is 302 g/mol. The van der Waals surface area contributed by atoms with Crippen molar-refractivity contribution < 1.29 is 34.7 Å². The number of rotatable bonds is 4. The summed E-state index contributed by atoms with van der Waals surface area (Å²) in [5.74, 6) is 0. The van der Waals surface area contributed by atoms with Gasteiger partial charge in [-0.05, 0) is 12.8 Å². The summed E-state index contributed by atoms with van der Waals surface area (Å²) in [4.78, 5) is 11.3. The lowest BCUT2D eigenvalue weighted by atomic mass is 9.78. The maximum atomic E-state index is 11.3. The molecule has 7 heteroatoms. The summed E-state index contributed by atoms with van der Waals surface area (Å²) in [6.07, 6.45) is -1.47. The predicted octanol–water partition coefficient (Wildman–Crippen LogP) is -1.27. The molecule has 0 amide bonds. The number of carbonyl (C=O) groups is 1. The third-order valence-electron chi connectivity index (χ3n) is 4.21. The van der Waals surface area contributed by atoms with Crippen molar-refractivity contribution in [3.63, 3.8) is 0 Å². The van der Waals surface area contributed by atoms with E-state index in [9.17, 15) is 20.1 Å². The highest BCUT2D eigenvalue weighted by molar-refractivity contribution is 5.61. The number of hydrogen-bond acceptors (Lipinski definition) is 7. The SMILES string of the molecule is C[C@]1(C=O)CCC=C[C@H]1O[C@H]1O[C@H](CO)[C@@H](O)[C@H](O)[C@H]1O. The van der Waals surface area contributed by atoms with Crippen molar-refractivity contribution >= 4 is 6.29 Å². The van der Waals surface area contributed by atoms with Crippen molar-refractivity contribution in [1.82, 2.24) is 0 Å². The van der Waals surface area contributed by atoms with Crippen LogP contribution in [-0.4, -0.2) is 70.1 Å². The largest absolute Gasteiger partial charge is 0.394 e. The van der Waals surface area contributed by atoms with E-state index in [4.69, 9.17) is 14.6 Å². The van der Waals surface area contributed by atoms with Crippen LogP contribution in [0.4, 0.5) is 0 Å². The van der Waals surface area contributed by atoms with E-state index in [1.54, 1.807) is 13.0 Å². The predicted molar refractivity (Wildman–Crippen MR) is 71.2 cm³/mol. The summed E-state index contributed by atoms with van der Waals surface area (Å²) in [6.45, 7) is 1.23. The fraction of sp³-hybridized carbons (Fsp3) is 0.786. The number of aliphatic hydroxyl groups is 4. The van der Waals surface area contributed by atoms with Gasteiger partial charge in [0, 0.05) is 0 Å². The summed E-state index contributed by atoms with van der Waals surface area (Å²) in [5, 5.41) is 38.5. The molecule has 0 radical (unpaired) electrons. The molecule has 2 aliphatic rings. The Kier molecular flexibility index (Phi) is 5.13. The number of ether oxygens (including phenoxy) is 2. The first-order valence-corrected chi connectivity index (χ1v) is 7.02. The second-order valence-electron chi connectivity index (χ2n) is 5.84. The zero-order chi connectivity index (χ0) is 15.6. The van der Waals surface area contributed by atoms with Gasteiger partial charge in [0.2, 0.25) is 0 Å². The Bertz CT molecular complexity index is 397. The highest BCUT2D eigenvalue weighted by Gasteiger charge is 2.46. The van der Waals surface area contributed by atoms with Crippen LogP contribution in [0.5, 0.6) is 0 Å². The van der Waals surface area contributed by atoms with Crippen LogP contribution >= 0.6 is 0 Å². The van der Waals surface area contributed by atoms with Crippen molar-refractivity contribution in [1.29, 1.82) is 0 Å². The number of hydrogen-bond donors (Lipinski definition) is 4. The Morgan fingerprint density at radius 3 is 2.67 bits per heavy atom. The molecule has 120 valence electrons. The van der Waals surface area contributed by atoms with Gasteiger partial charge in [-0.2, -0.15) is 0 Å². The molecule has 0 unspecified atom stereocenters. The maximum Gasteiger partial charge on any atom is 0.187 e. The zero-order valence-electron chi connectivity index (χ0n) is 11.8. The van der Waals surface area contributed by atoms with Gasteiger partial charge in [-0.15, -0.1) is 0 Å². The molecule has 7 nitrogen and oxygen atoms in total. The van der Waals surface area contributed by atoms with Gasteiger partial charge in [0.1, 0.15) is 30.7 Å². The van der Waals surface area contributed by atoms with Gasteiger partial charge < -0.3 is 34.7 Å². The van der Waals surface area contributed by atoms with E-state index in [0.29, 0.717) is 6.42 Å². The molecule has 1 aliphatic carbocycles. The van der Waals surface area contributed by atoms with Crippen molar-refractivity contribution in [2.24, 2.45) is 5.41 Å². The third kappa shape index (κ3) is 3.18. The number of carbonyl (C=O) groups excluding carboxylic acids is 1. The van der Waals surface area contributed by atoms with Gasteiger partial charge in [0.05, 0.1) is 18.1 Å². The van der Waals surface area contributed by atoms with Crippen molar-refractivity contribution in [2.75, 3.05) is 6.61 Å². The van der Waals surface area contributed by atoms with Crippen LogP contribution in [0.25, 0.3) is 0 Å². The molecule has 2 rings (SSSR count). The maximum absolute atomic E-state index is 11.3. The highest BCUT2D eigenvalue weighted by atomic mass is 16.7. The summed E-state index contributed by atoms with van der Waals surface area (Å²) < 4.78 is 10.9. The smallest absolute Gasteiger partial charge is 0.187 e. The summed E-state index contributed by atoms with van der Waals surface area (Å²) in [5.41, 5.74) is -0.743. The molecular weight excluding hydrogens is 280 g/mol. The summed E-state index contributed by atoms with van der Waals surface area (Å²) in [7, 11) is 0.